The van der Waals surface area contributed by atoms with E-state index < -0.39 is 0 Å². The third kappa shape index (κ3) is 2.68. The van der Waals surface area contributed by atoms with Crippen LogP contribution in [0.3, 0.4) is 0 Å². The van der Waals surface area contributed by atoms with Crippen molar-refractivity contribution in [1.82, 2.24) is 9.55 Å². The smallest absolute Gasteiger partial charge is 0.267 e. The zero-order chi connectivity index (χ0) is 16.5. The number of hydrogen-bond acceptors (Lipinski definition) is 5. The number of fused-ring (bicyclic) bond motifs is 3. The van der Waals surface area contributed by atoms with E-state index in [1.165, 1.54) is 16.9 Å². The predicted molar refractivity (Wildman–Crippen MR) is 102 cm³/mol. The molecule has 0 saturated heterocycles. The number of aryl methyl sites for hydroxylation is 2. The van der Waals surface area contributed by atoms with Crippen LogP contribution in [0.5, 0.6) is 0 Å². The van der Waals surface area contributed by atoms with Crippen LogP contribution in [0.1, 0.15) is 23.3 Å². The highest BCUT2D eigenvalue weighted by atomic mass is 32.2. The van der Waals surface area contributed by atoms with Crippen LogP contribution in [0.25, 0.3) is 15.9 Å². The Morgan fingerprint density at radius 2 is 2.00 bits per heavy atom. The highest BCUT2D eigenvalue weighted by molar-refractivity contribution is 7.99. The van der Waals surface area contributed by atoms with Crippen molar-refractivity contribution in [2.24, 2.45) is 5.73 Å². The maximum Gasteiger partial charge on any atom is 0.267 e. The van der Waals surface area contributed by atoms with Crippen molar-refractivity contribution < 1.29 is 0 Å². The van der Waals surface area contributed by atoms with E-state index in [1.54, 1.807) is 27.7 Å². The number of benzene rings is 1. The van der Waals surface area contributed by atoms with Gasteiger partial charge in [0, 0.05) is 17.2 Å². The lowest BCUT2D eigenvalue weighted by Crippen LogP contribution is -2.22. The second-order valence-corrected chi connectivity index (χ2v) is 8.04. The minimum absolute atomic E-state index is 0.0603. The molecule has 0 fully saturated rings. The number of thiophene rings is 1. The lowest BCUT2D eigenvalue weighted by Gasteiger charge is -2.13. The van der Waals surface area contributed by atoms with Gasteiger partial charge in [0.2, 0.25) is 0 Å². The van der Waals surface area contributed by atoms with Crippen molar-refractivity contribution in [2.45, 2.75) is 30.8 Å². The molecule has 2 N–H and O–H groups in total. The van der Waals surface area contributed by atoms with Crippen molar-refractivity contribution in [2.75, 3.05) is 12.3 Å². The lowest BCUT2D eigenvalue weighted by molar-refractivity contribution is 0.699. The molecule has 1 aliphatic carbocycles. The topological polar surface area (TPSA) is 60.9 Å². The molecular weight excluding hydrogens is 338 g/mol. The second-order valence-electron chi connectivity index (χ2n) is 5.90. The van der Waals surface area contributed by atoms with Gasteiger partial charge in [-0.15, -0.1) is 11.3 Å². The van der Waals surface area contributed by atoms with Crippen molar-refractivity contribution >= 4 is 33.3 Å². The molecule has 3 aromatic rings. The first-order chi connectivity index (χ1) is 11.8. The van der Waals surface area contributed by atoms with E-state index in [0.29, 0.717) is 6.54 Å². The SMILES string of the molecule is NCCSc1nc2sc3c(c2c(=O)n1-c1ccccc1)CCCC3. The fourth-order valence-corrected chi connectivity index (χ4v) is 5.32. The monoisotopic (exact) mass is 357 g/mol. The summed E-state index contributed by atoms with van der Waals surface area (Å²) in [5.74, 6) is 0.746. The van der Waals surface area contributed by atoms with Crippen LogP contribution in [-0.2, 0) is 12.8 Å². The van der Waals surface area contributed by atoms with Gasteiger partial charge in [0.1, 0.15) is 4.83 Å². The minimum Gasteiger partial charge on any atom is -0.330 e. The number of nitrogens with zero attached hydrogens (tertiary/aromatic N) is 2. The molecule has 4 nitrogen and oxygen atoms in total. The molecule has 0 amide bonds. The van der Waals surface area contributed by atoms with E-state index in [-0.39, 0.29) is 5.56 Å². The van der Waals surface area contributed by atoms with Crippen molar-refractivity contribution in [3.8, 4) is 5.69 Å². The van der Waals surface area contributed by atoms with Gasteiger partial charge in [-0.1, -0.05) is 30.0 Å². The predicted octanol–water partition coefficient (Wildman–Crippen LogP) is 3.38. The first-order valence-corrected chi connectivity index (χ1v) is 10.1. The van der Waals surface area contributed by atoms with Crippen molar-refractivity contribution in [3.63, 3.8) is 0 Å². The molecular formula is C18H19N3OS2. The summed E-state index contributed by atoms with van der Waals surface area (Å²) in [6.45, 7) is 0.564. The van der Waals surface area contributed by atoms with E-state index in [9.17, 15) is 4.79 Å². The Labute approximate surface area is 148 Å². The number of aromatic nitrogens is 2. The third-order valence-corrected chi connectivity index (χ3v) is 6.48. The summed E-state index contributed by atoms with van der Waals surface area (Å²) in [6.07, 6.45) is 4.44. The van der Waals surface area contributed by atoms with Gasteiger partial charge in [-0.3, -0.25) is 9.36 Å². The first kappa shape index (κ1) is 15.9. The summed E-state index contributed by atoms with van der Waals surface area (Å²) in [5, 5.41) is 1.57. The maximum absolute atomic E-state index is 13.3. The van der Waals surface area contributed by atoms with Crippen LogP contribution in [-0.4, -0.2) is 21.8 Å². The summed E-state index contributed by atoms with van der Waals surface area (Å²) in [6, 6.07) is 9.78. The fourth-order valence-electron chi connectivity index (χ4n) is 3.24. The van der Waals surface area contributed by atoms with Gasteiger partial charge in [-0.25, -0.2) is 4.98 Å². The van der Waals surface area contributed by atoms with Gasteiger partial charge in [0.25, 0.3) is 5.56 Å². The molecule has 0 bridgehead atoms. The van der Waals surface area contributed by atoms with Crippen LogP contribution in [0.15, 0.2) is 40.3 Å². The Morgan fingerprint density at radius 1 is 1.21 bits per heavy atom. The normalized spacial score (nSPS) is 14.0. The average Bonchev–Trinajstić information content (AvgIpc) is 2.99. The van der Waals surface area contributed by atoms with Gasteiger partial charge in [-0.05, 0) is 43.4 Å². The van der Waals surface area contributed by atoms with Gasteiger partial charge in [0.05, 0.1) is 11.1 Å². The maximum atomic E-state index is 13.3. The molecule has 2 aromatic heterocycles. The molecule has 0 radical (unpaired) electrons. The zero-order valence-corrected chi connectivity index (χ0v) is 15.0. The average molecular weight is 358 g/mol. The van der Waals surface area contributed by atoms with Gasteiger partial charge >= 0.3 is 0 Å². The number of thioether (sulfide) groups is 1. The molecule has 0 spiro atoms. The summed E-state index contributed by atoms with van der Waals surface area (Å²) >= 11 is 3.25. The summed E-state index contributed by atoms with van der Waals surface area (Å²) in [7, 11) is 0. The molecule has 0 saturated carbocycles. The van der Waals surface area contributed by atoms with E-state index in [0.717, 1.165) is 46.1 Å². The molecule has 124 valence electrons. The van der Waals surface area contributed by atoms with Crippen LogP contribution in [0, 0.1) is 0 Å². The molecule has 0 atom stereocenters. The van der Waals surface area contributed by atoms with E-state index >= 15 is 0 Å². The quantitative estimate of drug-likeness (QED) is 0.574. The Balaban J connectivity index is 2.00. The highest BCUT2D eigenvalue weighted by Crippen LogP contribution is 2.35. The Bertz CT molecular complexity index is 931. The number of para-hydroxylation sites is 1. The van der Waals surface area contributed by atoms with Crippen molar-refractivity contribution in [3.05, 3.63) is 51.1 Å². The highest BCUT2D eigenvalue weighted by Gasteiger charge is 2.22. The molecule has 2 heterocycles. The molecule has 6 heteroatoms. The summed E-state index contributed by atoms with van der Waals surface area (Å²) in [5.41, 5.74) is 7.83. The Morgan fingerprint density at radius 3 is 2.79 bits per heavy atom. The van der Waals surface area contributed by atoms with Crippen LogP contribution >= 0.6 is 23.1 Å². The number of hydrogen-bond donors (Lipinski definition) is 1. The Kier molecular flexibility index (Phi) is 4.43. The van der Waals surface area contributed by atoms with Crippen molar-refractivity contribution in [1.29, 1.82) is 0 Å². The Hall–Kier alpha value is -1.63. The molecule has 0 aliphatic heterocycles. The first-order valence-electron chi connectivity index (χ1n) is 8.25. The molecule has 0 unspecified atom stereocenters. The second kappa shape index (κ2) is 6.70. The van der Waals surface area contributed by atoms with E-state index in [2.05, 4.69) is 0 Å². The summed E-state index contributed by atoms with van der Waals surface area (Å²) in [4.78, 5) is 20.4. The fraction of sp³-hybridized carbons (Fsp3) is 0.333. The van der Waals surface area contributed by atoms with Crippen LogP contribution in [0.4, 0.5) is 0 Å². The van der Waals surface area contributed by atoms with E-state index in [4.69, 9.17) is 10.7 Å². The minimum atomic E-state index is 0.0603. The van der Waals surface area contributed by atoms with Gasteiger partial charge in [0.15, 0.2) is 5.16 Å². The summed E-state index contributed by atoms with van der Waals surface area (Å²) < 4.78 is 1.75. The standard InChI is InChI=1S/C18H19N3OS2/c19-10-11-23-18-20-16-15(13-8-4-5-9-14(13)24-16)17(22)21(18)12-6-2-1-3-7-12/h1-3,6-7H,4-5,8-11,19H2. The number of rotatable bonds is 4. The lowest BCUT2D eigenvalue weighted by atomic mass is 9.97. The molecule has 4 rings (SSSR count). The molecule has 24 heavy (non-hydrogen) atoms. The van der Waals surface area contributed by atoms with Crippen LogP contribution in [0.2, 0.25) is 0 Å². The van der Waals surface area contributed by atoms with E-state index in [1.807, 2.05) is 30.3 Å². The largest absolute Gasteiger partial charge is 0.330 e. The number of nitrogens with two attached hydrogens (primary N) is 1. The molecule has 1 aromatic carbocycles. The van der Waals surface area contributed by atoms with Gasteiger partial charge < -0.3 is 5.73 Å². The molecule has 1 aliphatic rings. The zero-order valence-electron chi connectivity index (χ0n) is 13.3. The van der Waals surface area contributed by atoms with Gasteiger partial charge in [-0.2, -0.15) is 0 Å². The van der Waals surface area contributed by atoms with Crippen LogP contribution < -0.4 is 11.3 Å². The third-order valence-electron chi connectivity index (χ3n) is 4.32.